The lowest BCUT2D eigenvalue weighted by Crippen LogP contribution is -2.22. The number of hydrogen-bond donors (Lipinski definition) is 0. The fraction of sp³-hybridized carbons (Fsp3) is 0.273. The maximum absolute atomic E-state index is 5.22. The second-order valence-corrected chi connectivity index (χ2v) is 7.85. The number of rotatable bonds is 0. The third kappa shape index (κ3) is 1.44. The summed E-state index contributed by atoms with van der Waals surface area (Å²) >= 11 is 0. The van der Waals surface area contributed by atoms with Gasteiger partial charge >= 0.3 is 0 Å². The number of nitrogens with zero attached hydrogens (tertiary/aromatic N) is 4. The van der Waals surface area contributed by atoms with Crippen molar-refractivity contribution in [2.75, 3.05) is 0 Å². The molecular weight excluding hydrogens is 320 g/mol. The van der Waals surface area contributed by atoms with Crippen molar-refractivity contribution < 1.29 is 0 Å². The molecule has 4 heteroatoms. The highest BCUT2D eigenvalue weighted by Gasteiger charge is 2.38. The molecule has 1 saturated carbocycles. The molecule has 3 aliphatic rings. The molecule has 4 aromatic heterocycles. The lowest BCUT2D eigenvalue weighted by atomic mass is 9.71. The Morgan fingerprint density at radius 3 is 2.46 bits per heavy atom. The summed E-state index contributed by atoms with van der Waals surface area (Å²) in [5.41, 5.74) is 7.20. The monoisotopic (exact) mass is 338 g/mol. The molecule has 1 fully saturated rings. The van der Waals surface area contributed by atoms with E-state index in [2.05, 4.69) is 57.5 Å². The van der Waals surface area contributed by atoms with Gasteiger partial charge in [-0.2, -0.15) is 0 Å². The van der Waals surface area contributed by atoms with Crippen LogP contribution in [0.15, 0.2) is 48.7 Å². The van der Waals surface area contributed by atoms with Gasteiger partial charge in [-0.25, -0.2) is 9.97 Å². The van der Waals surface area contributed by atoms with Crippen molar-refractivity contribution >= 4 is 33.2 Å². The molecule has 0 unspecified atom stereocenters. The number of hydrogen-bond acceptors (Lipinski definition) is 2. The van der Waals surface area contributed by atoms with E-state index < -0.39 is 0 Å². The normalized spacial score (nSPS) is 22.0. The molecule has 0 spiro atoms. The number of imidazole rings is 2. The van der Waals surface area contributed by atoms with Crippen molar-refractivity contribution in [3.05, 3.63) is 60.0 Å². The van der Waals surface area contributed by atoms with Crippen LogP contribution in [-0.2, 0) is 0 Å². The number of fused-ring (bicyclic) bond motifs is 10. The van der Waals surface area contributed by atoms with Crippen LogP contribution in [0.25, 0.3) is 33.2 Å². The highest BCUT2D eigenvalue weighted by molar-refractivity contribution is 6.10. The lowest BCUT2D eigenvalue weighted by molar-refractivity contribution is 0.347. The van der Waals surface area contributed by atoms with E-state index in [1.165, 1.54) is 53.5 Å². The van der Waals surface area contributed by atoms with Gasteiger partial charge in [0.05, 0.1) is 11.4 Å². The van der Waals surface area contributed by atoms with Crippen LogP contribution in [0.5, 0.6) is 0 Å². The highest BCUT2D eigenvalue weighted by Crippen LogP contribution is 2.50. The molecule has 0 amide bonds. The minimum Gasteiger partial charge on any atom is -0.285 e. The van der Waals surface area contributed by atoms with Gasteiger partial charge in [0.25, 0.3) is 0 Å². The largest absolute Gasteiger partial charge is 0.285 e. The van der Waals surface area contributed by atoms with Gasteiger partial charge in [0.15, 0.2) is 5.65 Å². The molecule has 0 saturated heterocycles. The fourth-order valence-electron chi connectivity index (χ4n) is 5.44. The third-order valence-corrected chi connectivity index (χ3v) is 6.58. The van der Waals surface area contributed by atoms with Gasteiger partial charge in [-0.15, -0.1) is 0 Å². The topological polar surface area (TPSA) is 34.6 Å². The smallest absolute Gasteiger partial charge is 0.151 e. The molecule has 0 radical (unpaired) electrons. The van der Waals surface area contributed by atoms with E-state index in [1.54, 1.807) is 0 Å². The van der Waals surface area contributed by atoms with Gasteiger partial charge in [0, 0.05) is 28.8 Å². The minimum absolute atomic E-state index is 0.642. The summed E-state index contributed by atoms with van der Waals surface area (Å²) in [6, 6.07) is 14.9. The van der Waals surface area contributed by atoms with Crippen LogP contribution in [-0.4, -0.2) is 18.8 Å². The zero-order valence-electron chi connectivity index (χ0n) is 14.4. The molecule has 2 bridgehead atoms. The second kappa shape index (κ2) is 4.44. The summed E-state index contributed by atoms with van der Waals surface area (Å²) < 4.78 is 4.68. The first-order chi connectivity index (χ1) is 12.9. The zero-order chi connectivity index (χ0) is 16.8. The summed E-state index contributed by atoms with van der Waals surface area (Å²) in [4.78, 5) is 10.2. The van der Waals surface area contributed by atoms with Gasteiger partial charge in [0.1, 0.15) is 16.8 Å². The third-order valence-electron chi connectivity index (χ3n) is 6.58. The Morgan fingerprint density at radius 1 is 0.808 bits per heavy atom. The zero-order valence-corrected chi connectivity index (χ0v) is 14.4. The average molecular weight is 338 g/mol. The van der Waals surface area contributed by atoms with E-state index in [1.807, 2.05) is 0 Å². The van der Waals surface area contributed by atoms with Crippen LogP contribution < -0.4 is 0 Å². The second-order valence-electron chi connectivity index (χ2n) is 7.85. The molecule has 4 nitrogen and oxygen atoms in total. The number of benzene rings is 1. The average Bonchev–Trinajstić information content (AvgIpc) is 3.29. The Bertz CT molecular complexity index is 1350. The van der Waals surface area contributed by atoms with E-state index in [9.17, 15) is 0 Å². The molecule has 126 valence electrons. The van der Waals surface area contributed by atoms with E-state index in [4.69, 9.17) is 9.97 Å². The summed E-state index contributed by atoms with van der Waals surface area (Å²) in [5, 5.41) is 2.42. The summed E-state index contributed by atoms with van der Waals surface area (Å²) in [5.74, 6) is 1.28. The molecule has 1 aromatic carbocycles. The predicted octanol–water partition coefficient (Wildman–Crippen LogP) is 5.04. The summed E-state index contributed by atoms with van der Waals surface area (Å²) in [6.07, 6.45) is 7.34. The fourth-order valence-corrected chi connectivity index (χ4v) is 5.44. The first kappa shape index (κ1) is 13.3. The van der Waals surface area contributed by atoms with Crippen LogP contribution in [0.1, 0.15) is 48.9 Å². The predicted molar refractivity (Wildman–Crippen MR) is 103 cm³/mol. The SMILES string of the molecule is c1ccc2c(c1)c1nc3ccccn3c1n1c3c(nc21)C1CCC3CC1. The van der Waals surface area contributed by atoms with E-state index in [-0.39, 0.29) is 0 Å². The van der Waals surface area contributed by atoms with Crippen LogP contribution in [0.3, 0.4) is 0 Å². The quantitative estimate of drug-likeness (QED) is 0.396. The van der Waals surface area contributed by atoms with Crippen molar-refractivity contribution in [3.8, 4) is 0 Å². The van der Waals surface area contributed by atoms with Crippen molar-refractivity contribution in [3.63, 3.8) is 0 Å². The Hall–Kier alpha value is -2.88. The molecule has 0 aliphatic heterocycles. The molecule has 0 N–H and O–H groups in total. The maximum Gasteiger partial charge on any atom is 0.151 e. The molecule has 4 heterocycles. The van der Waals surface area contributed by atoms with Crippen molar-refractivity contribution in [2.45, 2.75) is 37.5 Å². The molecule has 26 heavy (non-hydrogen) atoms. The van der Waals surface area contributed by atoms with Crippen molar-refractivity contribution in [1.29, 1.82) is 0 Å². The highest BCUT2D eigenvalue weighted by atomic mass is 15.2. The Labute approximate surface area is 150 Å². The van der Waals surface area contributed by atoms with Gasteiger partial charge in [-0.3, -0.25) is 8.80 Å². The van der Waals surface area contributed by atoms with Gasteiger partial charge in [-0.05, 0) is 37.8 Å². The summed E-state index contributed by atoms with van der Waals surface area (Å²) in [7, 11) is 0. The Balaban J connectivity index is 1.84. The van der Waals surface area contributed by atoms with E-state index in [0.29, 0.717) is 11.8 Å². The first-order valence-electron chi connectivity index (χ1n) is 9.60. The minimum atomic E-state index is 0.642. The summed E-state index contributed by atoms with van der Waals surface area (Å²) in [6.45, 7) is 0. The lowest BCUT2D eigenvalue weighted by Gasteiger charge is -2.35. The molecular formula is C22H18N4. The molecule has 3 aliphatic carbocycles. The Kier molecular flexibility index (Phi) is 2.28. The van der Waals surface area contributed by atoms with Crippen LogP contribution in [0.2, 0.25) is 0 Å². The van der Waals surface area contributed by atoms with E-state index in [0.717, 1.165) is 16.8 Å². The van der Waals surface area contributed by atoms with Crippen LogP contribution in [0.4, 0.5) is 0 Å². The van der Waals surface area contributed by atoms with Gasteiger partial charge in [-0.1, -0.05) is 30.3 Å². The van der Waals surface area contributed by atoms with E-state index >= 15 is 0 Å². The maximum atomic E-state index is 5.22. The number of aromatic nitrogens is 4. The Morgan fingerprint density at radius 2 is 1.58 bits per heavy atom. The molecule has 8 rings (SSSR count). The van der Waals surface area contributed by atoms with Gasteiger partial charge in [0.2, 0.25) is 0 Å². The van der Waals surface area contributed by atoms with Crippen LogP contribution >= 0.6 is 0 Å². The number of pyridine rings is 2. The molecule has 5 aromatic rings. The van der Waals surface area contributed by atoms with Crippen molar-refractivity contribution in [2.24, 2.45) is 0 Å². The standard InChI is InChI=1S/C22H18N4/c1-2-6-16-15(5-1)19-22(25-12-4-3-7-17(25)23-19)26-20-14-10-8-13(9-11-14)18(20)24-21(16)26/h1-7,12-14H,8-11H2. The van der Waals surface area contributed by atoms with Crippen LogP contribution in [0, 0.1) is 0 Å². The van der Waals surface area contributed by atoms with Gasteiger partial charge < -0.3 is 0 Å². The first-order valence-corrected chi connectivity index (χ1v) is 9.60. The molecule has 0 atom stereocenters. The van der Waals surface area contributed by atoms with Crippen molar-refractivity contribution in [1.82, 2.24) is 18.8 Å².